The van der Waals surface area contributed by atoms with E-state index in [2.05, 4.69) is 16.0 Å². The summed E-state index contributed by atoms with van der Waals surface area (Å²) in [6.45, 7) is 0.790. The van der Waals surface area contributed by atoms with Gasteiger partial charge in [-0.15, -0.1) is 0 Å². The van der Waals surface area contributed by atoms with Crippen LogP contribution in [0.2, 0.25) is 0 Å². The molecule has 0 bridgehead atoms. The molecule has 0 aliphatic carbocycles. The van der Waals surface area contributed by atoms with Crippen LogP contribution in [0.1, 0.15) is 36.0 Å². The summed E-state index contributed by atoms with van der Waals surface area (Å²) in [7, 11) is 0. The Morgan fingerprint density at radius 1 is 0.586 bits per heavy atom. The maximum atomic E-state index is 12.0. The fourth-order valence-corrected chi connectivity index (χ4v) is 5.76. The van der Waals surface area contributed by atoms with Gasteiger partial charge in [-0.3, -0.25) is 49.5 Å². The maximum absolute atomic E-state index is 12.0. The first kappa shape index (κ1) is 43.5. The summed E-state index contributed by atoms with van der Waals surface area (Å²) < 4.78 is 3.72. The van der Waals surface area contributed by atoms with Gasteiger partial charge in [0.2, 0.25) is 17.7 Å². The molecule has 0 radical (unpaired) electrons. The fourth-order valence-electron chi connectivity index (χ4n) is 5.76. The molecule has 5 N–H and O–H groups in total. The zero-order valence-corrected chi connectivity index (χ0v) is 31.0. The number of carbonyl (C=O) groups is 8. The van der Waals surface area contributed by atoms with E-state index in [0.717, 1.165) is 4.57 Å². The van der Waals surface area contributed by atoms with Gasteiger partial charge >= 0.3 is 24.1 Å². The van der Waals surface area contributed by atoms with E-state index in [-0.39, 0.29) is 101 Å². The van der Waals surface area contributed by atoms with Crippen molar-refractivity contribution in [2.45, 2.75) is 58.5 Å². The van der Waals surface area contributed by atoms with Crippen LogP contribution in [0.25, 0.3) is 0 Å². The molecule has 22 nitrogen and oxygen atoms in total. The van der Waals surface area contributed by atoms with Gasteiger partial charge in [-0.05, 0) is 18.2 Å². The van der Waals surface area contributed by atoms with E-state index in [1.807, 2.05) is 0 Å². The lowest BCUT2D eigenvalue weighted by Crippen LogP contribution is -2.49. The minimum atomic E-state index is -1.12. The van der Waals surface area contributed by atoms with Crippen LogP contribution in [0.15, 0.2) is 69.4 Å². The Morgan fingerprint density at radius 2 is 0.948 bits per heavy atom. The van der Waals surface area contributed by atoms with E-state index in [9.17, 15) is 52.7 Å². The lowest BCUT2D eigenvalue weighted by atomic mass is 10.2. The van der Waals surface area contributed by atoms with E-state index >= 15 is 0 Å². The number of aldehydes is 1. The Balaban J connectivity index is 0.000000193. The third-order valence-electron chi connectivity index (χ3n) is 8.73. The first-order valence-corrected chi connectivity index (χ1v) is 17.8. The van der Waals surface area contributed by atoms with Crippen molar-refractivity contribution in [3.05, 3.63) is 103 Å². The molecule has 3 aliphatic rings. The Bertz CT molecular complexity index is 2250. The number of carboxylic acids is 1. The SMILES string of the molecule is O=C(O)Cn1cccc(CN2CCC(=O)NC2=O)c1=O.O=C1CCN(Cc2cccn(CCO)c2=O)C(=O)N1.O=CCn1cccc(CN2CCC(=O)NC2=O)c1=O. The number of amides is 9. The van der Waals surface area contributed by atoms with Gasteiger partial charge in [-0.2, -0.15) is 0 Å². The number of rotatable bonds is 12. The maximum Gasteiger partial charge on any atom is 0.324 e. The number of carboxylic acid groups (broad SMARTS) is 1. The second kappa shape index (κ2) is 20.6. The first-order chi connectivity index (χ1) is 27.7. The highest BCUT2D eigenvalue weighted by molar-refractivity contribution is 5.97. The molecule has 3 aromatic heterocycles. The highest BCUT2D eigenvalue weighted by atomic mass is 16.4. The van der Waals surface area contributed by atoms with Crippen LogP contribution >= 0.6 is 0 Å². The third kappa shape index (κ3) is 12.1. The molecule has 0 saturated carbocycles. The number of aliphatic hydroxyl groups excluding tert-OH is 1. The van der Waals surface area contributed by atoms with Crippen molar-refractivity contribution in [2.24, 2.45) is 0 Å². The van der Waals surface area contributed by atoms with Gasteiger partial charge in [0.1, 0.15) is 12.8 Å². The number of imide groups is 3. The van der Waals surface area contributed by atoms with Crippen LogP contribution in [0.4, 0.5) is 14.4 Å². The van der Waals surface area contributed by atoms with E-state index < -0.39 is 36.2 Å². The summed E-state index contributed by atoms with van der Waals surface area (Å²) in [5.74, 6) is -2.08. The lowest BCUT2D eigenvalue weighted by molar-refractivity contribution is -0.137. The predicted octanol–water partition coefficient (Wildman–Crippen LogP) is -1.85. The third-order valence-corrected chi connectivity index (χ3v) is 8.73. The second-order valence-corrected chi connectivity index (χ2v) is 12.8. The number of aliphatic carboxylic acids is 1. The van der Waals surface area contributed by atoms with Gasteiger partial charge in [-0.25, -0.2) is 14.4 Å². The average Bonchev–Trinajstić information content (AvgIpc) is 3.17. The molecule has 3 aromatic rings. The van der Waals surface area contributed by atoms with Crippen molar-refractivity contribution >= 4 is 48.1 Å². The summed E-state index contributed by atoms with van der Waals surface area (Å²) in [6, 6.07) is 8.14. The highest BCUT2D eigenvalue weighted by Gasteiger charge is 2.26. The van der Waals surface area contributed by atoms with Gasteiger partial charge in [0.05, 0.1) is 32.8 Å². The minimum Gasteiger partial charge on any atom is -0.480 e. The van der Waals surface area contributed by atoms with Crippen LogP contribution in [0.5, 0.6) is 0 Å². The van der Waals surface area contributed by atoms with Gasteiger partial charge in [-0.1, -0.05) is 18.2 Å². The summed E-state index contributed by atoms with van der Waals surface area (Å²) in [5, 5.41) is 24.1. The number of carbonyl (C=O) groups excluding carboxylic acids is 7. The fraction of sp³-hybridized carbons (Fsp3) is 0.361. The molecule has 0 spiro atoms. The smallest absolute Gasteiger partial charge is 0.324 e. The number of aliphatic hydroxyl groups is 1. The number of hydrogen-bond donors (Lipinski definition) is 5. The Labute approximate surface area is 328 Å². The van der Waals surface area contributed by atoms with E-state index in [0.29, 0.717) is 29.5 Å². The largest absolute Gasteiger partial charge is 0.480 e. The van der Waals surface area contributed by atoms with Gasteiger partial charge in [0, 0.05) is 80.7 Å². The predicted molar refractivity (Wildman–Crippen MR) is 199 cm³/mol. The topological polar surface area (TPSA) is 289 Å². The van der Waals surface area contributed by atoms with Gasteiger partial charge < -0.3 is 43.4 Å². The van der Waals surface area contributed by atoms with Crippen molar-refractivity contribution in [3.8, 4) is 0 Å². The average molecular weight is 808 g/mol. The Kier molecular flexibility index (Phi) is 15.5. The van der Waals surface area contributed by atoms with E-state index in [1.165, 1.54) is 42.3 Å². The molecule has 0 unspecified atom stereocenters. The van der Waals surface area contributed by atoms with Crippen molar-refractivity contribution in [1.29, 1.82) is 0 Å². The van der Waals surface area contributed by atoms with E-state index in [1.54, 1.807) is 36.5 Å². The normalized spacial score (nSPS) is 15.3. The van der Waals surface area contributed by atoms with Crippen LogP contribution in [0, 0.1) is 0 Å². The monoisotopic (exact) mass is 807 g/mol. The number of hydrogen-bond acceptors (Lipinski definition) is 12. The Hall–Kier alpha value is -7.23. The molecule has 308 valence electrons. The summed E-state index contributed by atoms with van der Waals surface area (Å²) in [5.41, 5.74) is 0.174. The summed E-state index contributed by atoms with van der Waals surface area (Å²) in [4.78, 5) is 129. The minimum absolute atomic E-state index is 0.0165. The molecule has 9 amide bonds. The molecule has 0 aromatic carbocycles. The number of pyridine rings is 3. The number of nitrogens with one attached hydrogen (secondary N) is 3. The van der Waals surface area contributed by atoms with Crippen LogP contribution in [0.3, 0.4) is 0 Å². The molecular weight excluding hydrogens is 766 g/mol. The number of urea groups is 3. The molecule has 6 heterocycles. The van der Waals surface area contributed by atoms with E-state index in [4.69, 9.17) is 10.2 Å². The highest BCUT2D eigenvalue weighted by Crippen LogP contribution is 2.08. The second-order valence-electron chi connectivity index (χ2n) is 12.8. The molecule has 58 heavy (non-hydrogen) atoms. The van der Waals surface area contributed by atoms with Crippen molar-refractivity contribution < 1.29 is 48.6 Å². The van der Waals surface area contributed by atoms with Gasteiger partial charge in [0.25, 0.3) is 16.7 Å². The summed E-state index contributed by atoms with van der Waals surface area (Å²) >= 11 is 0. The van der Waals surface area contributed by atoms with Crippen molar-refractivity contribution in [3.63, 3.8) is 0 Å². The first-order valence-electron chi connectivity index (χ1n) is 17.8. The van der Waals surface area contributed by atoms with Crippen LogP contribution < -0.4 is 32.6 Å². The number of nitrogens with zero attached hydrogens (tertiary/aromatic N) is 6. The van der Waals surface area contributed by atoms with Gasteiger partial charge in [0.15, 0.2) is 0 Å². The summed E-state index contributed by atoms with van der Waals surface area (Å²) in [6.07, 6.45) is 5.76. The van der Waals surface area contributed by atoms with Crippen LogP contribution in [-0.2, 0) is 63.2 Å². The number of aromatic nitrogens is 3. The quantitative estimate of drug-likeness (QED) is 0.126. The van der Waals surface area contributed by atoms with Crippen molar-refractivity contribution in [2.75, 3.05) is 26.2 Å². The van der Waals surface area contributed by atoms with Crippen molar-refractivity contribution in [1.82, 2.24) is 44.4 Å². The molecule has 3 saturated heterocycles. The molecule has 3 fully saturated rings. The molecule has 22 heteroatoms. The molecular formula is C36H41N9O13. The lowest BCUT2D eigenvalue weighted by Gasteiger charge is -2.26. The molecule has 6 rings (SSSR count). The Morgan fingerprint density at radius 3 is 1.31 bits per heavy atom. The molecule has 0 atom stereocenters. The molecule has 3 aliphatic heterocycles. The van der Waals surface area contributed by atoms with Crippen LogP contribution in [-0.4, -0.2) is 113 Å². The zero-order valence-electron chi connectivity index (χ0n) is 31.0. The standard InChI is InChI=1S/C12H13N3O5.C12H15N3O4.C12H13N3O4/c16-9-3-5-15(12(20)13-9)6-8-2-1-4-14(11(8)19)7-10(17)18;2*16-7-6-14-4-1-2-9(11(14)18)8-15-5-3-10(17)13-12(15)19/h1-2,4H,3,5-7H2,(H,17,18)(H,13,16,20);1-2,4,16H,3,5-8H2,(H,13,17,19);1-2,4,7H,3,5-6,8H2,(H,13,17,19). The zero-order chi connectivity index (χ0) is 42.4.